The molecule has 0 spiro atoms. The average Bonchev–Trinajstić information content (AvgIpc) is 2.83. The number of benzene rings is 2. The first-order chi connectivity index (χ1) is 10.4. The number of carbonyl (C=O) groups is 1. The van der Waals surface area contributed by atoms with E-state index in [1.807, 2.05) is 0 Å². The molecule has 0 amide bonds. The van der Waals surface area contributed by atoms with Crippen LogP contribution in [-0.2, 0) is 7.05 Å². The van der Waals surface area contributed by atoms with Crippen molar-refractivity contribution < 1.29 is 13.6 Å². The monoisotopic (exact) mass is 384 g/mol. The Morgan fingerprint density at radius 3 is 2.77 bits per heavy atom. The van der Waals surface area contributed by atoms with Crippen LogP contribution in [0.4, 0.5) is 8.78 Å². The minimum atomic E-state index is -0.728. The Hall–Kier alpha value is -1.79. The second kappa shape index (κ2) is 5.44. The van der Waals surface area contributed by atoms with Crippen molar-refractivity contribution in [2.75, 3.05) is 0 Å². The number of nitrogens with zero attached hydrogens (tertiary/aromatic N) is 2. The molecule has 0 N–H and O–H groups in total. The Bertz CT molecular complexity index is 924. The van der Waals surface area contributed by atoms with E-state index in [9.17, 15) is 13.6 Å². The molecule has 3 aromatic rings. The summed E-state index contributed by atoms with van der Waals surface area (Å²) in [6, 6.07) is 4.60. The van der Waals surface area contributed by atoms with Crippen LogP contribution in [0.2, 0.25) is 5.02 Å². The van der Waals surface area contributed by atoms with Crippen molar-refractivity contribution in [1.29, 1.82) is 0 Å². The lowest BCUT2D eigenvalue weighted by Gasteiger charge is -2.09. The minimum absolute atomic E-state index is 0.0592. The first kappa shape index (κ1) is 15.1. The smallest absolute Gasteiger partial charge is 0.198 e. The third kappa shape index (κ3) is 2.32. The van der Waals surface area contributed by atoms with Gasteiger partial charge in [0.1, 0.15) is 11.6 Å². The lowest BCUT2D eigenvalue weighted by atomic mass is 10.0. The molecule has 3 nitrogen and oxygen atoms in total. The number of fused-ring (bicyclic) bond motifs is 1. The quantitative estimate of drug-likeness (QED) is 0.609. The average molecular weight is 386 g/mol. The summed E-state index contributed by atoms with van der Waals surface area (Å²) in [7, 11) is 1.67. The molecule has 0 atom stereocenters. The highest BCUT2D eigenvalue weighted by Gasteiger charge is 2.23. The highest BCUT2D eigenvalue weighted by atomic mass is 79.9. The third-order valence-corrected chi connectivity index (χ3v) is 4.50. The van der Waals surface area contributed by atoms with Crippen molar-refractivity contribution in [3.8, 4) is 0 Å². The summed E-state index contributed by atoms with van der Waals surface area (Å²) in [4.78, 5) is 12.6. The van der Waals surface area contributed by atoms with Crippen LogP contribution in [0.15, 0.2) is 34.9 Å². The van der Waals surface area contributed by atoms with Gasteiger partial charge in [-0.1, -0.05) is 11.6 Å². The van der Waals surface area contributed by atoms with Crippen LogP contribution in [0.25, 0.3) is 10.9 Å². The predicted octanol–water partition coefficient (Wildman–Crippen LogP) is 4.50. The molecule has 0 aliphatic rings. The van der Waals surface area contributed by atoms with Crippen molar-refractivity contribution in [2.24, 2.45) is 7.05 Å². The van der Waals surface area contributed by atoms with Gasteiger partial charge in [0.15, 0.2) is 5.78 Å². The summed E-state index contributed by atoms with van der Waals surface area (Å²) in [6.45, 7) is 0. The summed E-state index contributed by atoms with van der Waals surface area (Å²) < 4.78 is 29.5. The number of carbonyl (C=O) groups excluding carboxylic acids is 1. The Morgan fingerprint density at radius 1 is 1.32 bits per heavy atom. The van der Waals surface area contributed by atoms with Gasteiger partial charge in [-0.2, -0.15) is 5.10 Å². The van der Waals surface area contributed by atoms with Crippen molar-refractivity contribution in [3.05, 3.63) is 62.7 Å². The molecule has 3 rings (SSSR count). The highest BCUT2D eigenvalue weighted by molar-refractivity contribution is 9.10. The summed E-state index contributed by atoms with van der Waals surface area (Å²) in [5.41, 5.74) is 0.240. The van der Waals surface area contributed by atoms with Gasteiger partial charge in [-0.3, -0.25) is 9.48 Å². The molecule has 0 unspecified atom stereocenters. The normalized spacial score (nSPS) is 11.1. The lowest BCUT2D eigenvalue weighted by Crippen LogP contribution is -2.07. The van der Waals surface area contributed by atoms with Gasteiger partial charge in [0.05, 0.1) is 22.3 Å². The Kier molecular flexibility index (Phi) is 3.74. The number of aromatic nitrogens is 2. The van der Waals surface area contributed by atoms with E-state index in [1.165, 1.54) is 23.0 Å². The number of aryl methyl sites for hydroxylation is 1. The van der Waals surface area contributed by atoms with E-state index in [4.69, 9.17) is 11.6 Å². The number of halogens is 4. The fourth-order valence-corrected chi connectivity index (χ4v) is 3.11. The second-order valence-corrected chi connectivity index (χ2v) is 5.90. The summed E-state index contributed by atoms with van der Waals surface area (Å²) >= 11 is 9.16. The van der Waals surface area contributed by atoms with Gasteiger partial charge in [0.25, 0.3) is 0 Å². The van der Waals surface area contributed by atoms with E-state index in [1.54, 1.807) is 7.05 Å². The molecule has 2 aromatic carbocycles. The molecule has 1 heterocycles. The lowest BCUT2D eigenvalue weighted by molar-refractivity contribution is 0.103. The van der Waals surface area contributed by atoms with Crippen LogP contribution < -0.4 is 0 Å². The van der Waals surface area contributed by atoms with E-state index < -0.39 is 17.4 Å². The first-order valence-electron chi connectivity index (χ1n) is 6.19. The Labute approximate surface area is 137 Å². The van der Waals surface area contributed by atoms with Crippen LogP contribution in [0.3, 0.4) is 0 Å². The number of hydrogen-bond acceptors (Lipinski definition) is 2. The number of hydrogen-bond donors (Lipinski definition) is 0. The zero-order chi connectivity index (χ0) is 16.0. The molecule has 0 radical (unpaired) electrons. The molecule has 1 aromatic heterocycles. The van der Waals surface area contributed by atoms with E-state index in [-0.39, 0.29) is 20.6 Å². The fourth-order valence-electron chi connectivity index (χ4n) is 2.23. The van der Waals surface area contributed by atoms with Crippen molar-refractivity contribution in [2.45, 2.75) is 0 Å². The van der Waals surface area contributed by atoms with Gasteiger partial charge in [0, 0.05) is 28.5 Å². The third-order valence-electron chi connectivity index (χ3n) is 3.34. The SMILES string of the molecule is Cn1ncc2c(Br)c(C(=O)c3cc(F)ccc3Cl)c(F)cc21. The van der Waals surface area contributed by atoms with E-state index in [0.717, 1.165) is 12.1 Å². The van der Waals surface area contributed by atoms with Crippen molar-refractivity contribution in [1.82, 2.24) is 9.78 Å². The van der Waals surface area contributed by atoms with Crippen LogP contribution in [-0.4, -0.2) is 15.6 Å². The predicted molar refractivity (Wildman–Crippen MR) is 83.2 cm³/mol. The summed E-state index contributed by atoms with van der Waals surface area (Å²) in [5.74, 6) is -2.04. The van der Waals surface area contributed by atoms with E-state index >= 15 is 0 Å². The maximum absolute atomic E-state index is 14.4. The van der Waals surface area contributed by atoms with E-state index in [2.05, 4.69) is 21.0 Å². The Morgan fingerprint density at radius 2 is 2.05 bits per heavy atom. The van der Waals surface area contributed by atoms with Crippen LogP contribution >= 0.6 is 27.5 Å². The van der Waals surface area contributed by atoms with Gasteiger partial charge >= 0.3 is 0 Å². The number of ketones is 1. The standard InChI is InChI=1S/C15H8BrClF2N2O/c1-21-12-5-11(19)13(14(16)9(12)6-20-21)15(22)8-4-7(18)2-3-10(8)17/h2-6H,1H3. The van der Waals surface area contributed by atoms with E-state index in [0.29, 0.717) is 10.9 Å². The largest absolute Gasteiger partial charge is 0.288 e. The molecular formula is C15H8BrClF2N2O. The summed E-state index contributed by atoms with van der Waals surface area (Å²) in [6.07, 6.45) is 1.52. The van der Waals surface area contributed by atoms with Crippen molar-refractivity contribution in [3.63, 3.8) is 0 Å². The molecule has 112 valence electrons. The van der Waals surface area contributed by atoms with Crippen LogP contribution in [0.1, 0.15) is 15.9 Å². The van der Waals surface area contributed by atoms with Crippen molar-refractivity contribution >= 4 is 44.2 Å². The summed E-state index contributed by atoms with van der Waals surface area (Å²) in [5, 5.41) is 4.67. The topological polar surface area (TPSA) is 34.9 Å². The Balaban J connectivity index is 2.25. The minimum Gasteiger partial charge on any atom is -0.288 e. The zero-order valence-corrected chi connectivity index (χ0v) is 13.5. The molecule has 0 aliphatic carbocycles. The highest BCUT2D eigenvalue weighted by Crippen LogP contribution is 2.32. The first-order valence-corrected chi connectivity index (χ1v) is 7.36. The van der Waals surface area contributed by atoms with Gasteiger partial charge in [-0.05, 0) is 34.1 Å². The molecule has 0 saturated carbocycles. The molecular weight excluding hydrogens is 378 g/mol. The molecule has 0 bridgehead atoms. The van der Waals surface area contributed by atoms with Gasteiger partial charge in [0.2, 0.25) is 0 Å². The van der Waals surface area contributed by atoms with Gasteiger partial charge in [-0.25, -0.2) is 8.78 Å². The van der Waals surface area contributed by atoms with Crippen LogP contribution in [0.5, 0.6) is 0 Å². The maximum atomic E-state index is 14.4. The number of rotatable bonds is 2. The maximum Gasteiger partial charge on any atom is 0.198 e. The molecule has 22 heavy (non-hydrogen) atoms. The molecule has 0 aliphatic heterocycles. The van der Waals surface area contributed by atoms with Gasteiger partial charge in [-0.15, -0.1) is 0 Å². The molecule has 0 fully saturated rings. The van der Waals surface area contributed by atoms with Crippen LogP contribution in [0, 0.1) is 11.6 Å². The molecule has 0 saturated heterocycles. The second-order valence-electron chi connectivity index (χ2n) is 4.70. The zero-order valence-electron chi connectivity index (χ0n) is 11.2. The van der Waals surface area contributed by atoms with Gasteiger partial charge < -0.3 is 0 Å². The fraction of sp³-hybridized carbons (Fsp3) is 0.0667. The molecule has 7 heteroatoms.